The molecule has 2 aliphatic rings. The summed E-state index contributed by atoms with van der Waals surface area (Å²) in [6.07, 6.45) is 5.13. The van der Waals surface area contributed by atoms with Crippen molar-refractivity contribution in [1.82, 2.24) is 15.3 Å². The number of anilines is 1. The summed E-state index contributed by atoms with van der Waals surface area (Å²) in [6, 6.07) is 1.85. The van der Waals surface area contributed by atoms with Crippen molar-refractivity contribution in [1.29, 1.82) is 0 Å². The van der Waals surface area contributed by atoms with Crippen LogP contribution in [0, 0.1) is 5.92 Å². The lowest BCUT2D eigenvalue weighted by atomic mass is 9.95. The standard InChI is InChI=1S/C12H18N4O/c1-3-14-12(15-4-1)16-6-7-17-11-8-13-5-2-10(11)9-16/h1,3-4,10-11,13H,2,5-9H2/t10-,11-/m1/s1. The molecule has 1 aromatic rings. The van der Waals surface area contributed by atoms with Gasteiger partial charge < -0.3 is 15.0 Å². The second-order valence-corrected chi connectivity index (χ2v) is 4.66. The summed E-state index contributed by atoms with van der Waals surface area (Å²) in [5.74, 6) is 1.43. The van der Waals surface area contributed by atoms with E-state index in [4.69, 9.17) is 4.74 Å². The Hall–Kier alpha value is -1.20. The quantitative estimate of drug-likeness (QED) is 0.757. The Morgan fingerprint density at radius 1 is 1.35 bits per heavy atom. The number of rotatable bonds is 1. The molecule has 0 radical (unpaired) electrons. The highest BCUT2D eigenvalue weighted by molar-refractivity contribution is 5.28. The molecule has 0 aliphatic carbocycles. The molecule has 2 saturated heterocycles. The highest BCUT2D eigenvalue weighted by Crippen LogP contribution is 2.22. The Kier molecular flexibility index (Phi) is 3.20. The number of piperidine rings is 1. The minimum absolute atomic E-state index is 0.359. The molecule has 2 atom stereocenters. The van der Waals surface area contributed by atoms with E-state index in [0.717, 1.165) is 38.7 Å². The van der Waals surface area contributed by atoms with Gasteiger partial charge in [0.1, 0.15) is 0 Å². The van der Waals surface area contributed by atoms with E-state index in [-0.39, 0.29) is 0 Å². The first-order chi connectivity index (χ1) is 8.43. The predicted octanol–water partition coefficient (Wildman–Crippen LogP) is 0.291. The molecular formula is C12H18N4O. The maximum Gasteiger partial charge on any atom is 0.225 e. The smallest absolute Gasteiger partial charge is 0.225 e. The zero-order valence-electron chi connectivity index (χ0n) is 9.88. The van der Waals surface area contributed by atoms with Crippen LogP contribution >= 0.6 is 0 Å². The molecule has 1 aromatic heterocycles. The fraction of sp³-hybridized carbons (Fsp3) is 0.667. The third-order valence-electron chi connectivity index (χ3n) is 3.55. The molecular weight excluding hydrogens is 216 g/mol. The fourth-order valence-corrected chi connectivity index (χ4v) is 2.61. The van der Waals surface area contributed by atoms with Crippen molar-refractivity contribution < 1.29 is 4.74 Å². The molecule has 0 bridgehead atoms. The Balaban J connectivity index is 1.74. The number of aromatic nitrogens is 2. The maximum absolute atomic E-state index is 5.90. The summed E-state index contributed by atoms with van der Waals surface area (Å²) < 4.78 is 5.90. The van der Waals surface area contributed by atoms with Crippen LogP contribution in [0.5, 0.6) is 0 Å². The van der Waals surface area contributed by atoms with Crippen molar-refractivity contribution in [2.45, 2.75) is 12.5 Å². The lowest BCUT2D eigenvalue weighted by molar-refractivity contribution is 0.0179. The van der Waals surface area contributed by atoms with E-state index in [1.807, 2.05) is 6.07 Å². The van der Waals surface area contributed by atoms with Gasteiger partial charge in [0.25, 0.3) is 0 Å². The normalized spacial score (nSPS) is 29.5. The highest BCUT2D eigenvalue weighted by atomic mass is 16.5. The van der Waals surface area contributed by atoms with Crippen molar-refractivity contribution in [3.05, 3.63) is 18.5 Å². The lowest BCUT2D eigenvalue weighted by Crippen LogP contribution is -2.44. The van der Waals surface area contributed by atoms with Gasteiger partial charge in [-0.2, -0.15) is 0 Å². The number of nitrogens with one attached hydrogen (secondary N) is 1. The largest absolute Gasteiger partial charge is 0.375 e. The van der Waals surface area contributed by atoms with E-state index in [2.05, 4.69) is 20.2 Å². The molecule has 3 rings (SSSR count). The monoisotopic (exact) mass is 234 g/mol. The molecule has 3 heterocycles. The Morgan fingerprint density at radius 3 is 3.12 bits per heavy atom. The first-order valence-electron chi connectivity index (χ1n) is 6.28. The lowest BCUT2D eigenvalue weighted by Gasteiger charge is -2.31. The summed E-state index contributed by atoms with van der Waals surface area (Å²) >= 11 is 0. The van der Waals surface area contributed by atoms with E-state index >= 15 is 0 Å². The van der Waals surface area contributed by atoms with Crippen molar-refractivity contribution in [3.8, 4) is 0 Å². The second-order valence-electron chi connectivity index (χ2n) is 4.66. The van der Waals surface area contributed by atoms with Crippen LogP contribution in [-0.2, 0) is 4.74 Å². The number of ether oxygens (including phenoxy) is 1. The molecule has 0 spiro atoms. The van der Waals surface area contributed by atoms with Crippen molar-refractivity contribution in [3.63, 3.8) is 0 Å². The summed E-state index contributed by atoms with van der Waals surface area (Å²) in [4.78, 5) is 10.9. The molecule has 0 unspecified atom stereocenters. The zero-order valence-corrected chi connectivity index (χ0v) is 9.88. The van der Waals surface area contributed by atoms with Gasteiger partial charge in [0.15, 0.2) is 0 Å². The number of nitrogens with zero attached hydrogens (tertiary/aromatic N) is 3. The molecule has 0 amide bonds. The molecule has 5 nitrogen and oxygen atoms in total. The van der Waals surface area contributed by atoms with Crippen LogP contribution in [0.15, 0.2) is 18.5 Å². The predicted molar refractivity (Wildman–Crippen MR) is 65.0 cm³/mol. The van der Waals surface area contributed by atoms with Crippen LogP contribution in [0.25, 0.3) is 0 Å². The van der Waals surface area contributed by atoms with E-state index < -0.39 is 0 Å². The minimum Gasteiger partial charge on any atom is -0.375 e. The van der Waals surface area contributed by atoms with E-state index in [0.29, 0.717) is 12.0 Å². The van der Waals surface area contributed by atoms with Crippen molar-refractivity contribution in [2.75, 3.05) is 37.7 Å². The molecule has 5 heteroatoms. The van der Waals surface area contributed by atoms with Crippen LogP contribution in [0.1, 0.15) is 6.42 Å². The van der Waals surface area contributed by atoms with Crippen LogP contribution < -0.4 is 10.2 Å². The van der Waals surface area contributed by atoms with Gasteiger partial charge in [0.2, 0.25) is 5.95 Å². The first-order valence-corrected chi connectivity index (χ1v) is 6.28. The molecule has 2 fully saturated rings. The van der Waals surface area contributed by atoms with E-state index in [1.165, 1.54) is 6.42 Å². The molecule has 0 aromatic carbocycles. The maximum atomic E-state index is 5.90. The summed E-state index contributed by atoms with van der Waals surface area (Å²) in [6.45, 7) is 4.73. The summed E-state index contributed by atoms with van der Waals surface area (Å²) in [5.41, 5.74) is 0. The number of hydrogen-bond acceptors (Lipinski definition) is 5. The van der Waals surface area contributed by atoms with Gasteiger partial charge >= 0.3 is 0 Å². The van der Waals surface area contributed by atoms with E-state index in [9.17, 15) is 0 Å². The first kappa shape index (κ1) is 10.9. The molecule has 92 valence electrons. The number of hydrogen-bond donors (Lipinski definition) is 1. The van der Waals surface area contributed by atoms with Gasteiger partial charge in [-0.3, -0.25) is 0 Å². The molecule has 2 aliphatic heterocycles. The van der Waals surface area contributed by atoms with Gasteiger partial charge in [-0.1, -0.05) is 0 Å². The summed E-state index contributed by atoms with van der Waals surface area (Å²) in [7, 11) is 0. The van der Waals surface area contributed by atoms with Gasteiger partial charge in [0.05, 0.1) is 12.7 Å². The van der Waals surface area contributed by atoms with Gasteiger partial charge in [-0.15, -0.1) is 0 Å². The molecule has 0 saturated carbocycles. The SMILES string of the molecule is c1cnc(N2CCO[C@@H]3CNCC[C@@H]3C2)nc1. The fourth-order valence-electron chi connectivity index (χ4n) is 2.61. The Labute approximate surface area is 101 Å². The van der Waals surface area contributed by atoms with Gasteiger partial charge in [0, 0.05) is 37.9 Å². The van der Waals surface area contributed by atoms with Crippen LogP contribution in [0.2, 0.25) is 0 Å². The summed E-state index contributed by atoms with van der Waals surface area (Å²) in [5, 5.41) is 3.39. The number of fused-ring (bicyclic) bond motifs is 1. The van der Waals surface area contributed by atoms with Crippen LogP contribution in [0.4, 0.5) is 5.95 Å². The Bertz CT molecular complexity index is 359. The molecule has 17 heavy (non-hydrogen) atoms. The van der Waals surface area contributed by atoms with Gasteiger partial charge in [-0.05, 0) is 19.0 Å². The van der Waals surface area contributed by atoms with Crippen molar-refractivity contribution >= 4 is 5.95 Å². The third-order valence-corrected chi connectivity index (χ3v) is 3.55. The minimum atomic E-state index is 0.359. The topological polar surface area (TPSA) is 50.3 Å². The zero-order chi connectivity index (χ0) is 11.5. The third kappa shape index (κ3) is 2.40. The average molecular weight is 234 g/mol. The highest BCUT2D eigenvalue weighted by Gasteiger charge is 2.30. The van der Waals surface area contributed by atoms with Gasteiger partial charge in [-0.25, -0.2) is 9.97 Å². The van der Waals surface area contributed by atoms with E-state index in [1.54, 1.807) is 12.4 Å². The Morgan fingerprint density at radius 2 is 2.24 bits per heavy atom. The molecule has 1 N–H and O–H groups in total. The van der Waals surface area contributed by atoms with Crippen LogP contribution in [0.3, 0.4) is 0 Å². The average Bonchev–Trinajstić information content (AvgIpc) is 2.62. The second kappa shape index (κ2) is 4.98. The van der Waals surface area contributed by atoms with Crippen molar-refractivity contribution in [2.24, 2.45) is 5.92 Å². The van der Waals surface area contributed by atoms with Crippen LogP contribution in [-0.4, -0.2) is 48.9 Å².